The standard InChI is InChI=1S/C25H33N3Si/c1-17(2)29(18(3)4,19(5)6)28-14-12-21-8-10-23(16-25(21)28)27-22-9-7-20-11-13-26-24(20)15-22/h7-19,26-27H,1-6H3. The van der Waals surface area contributed by atoms with Crippen molar-refractivity contribution in [3.8, 4) is 0 Å². The molecule has 0 spiro atoms. The van der Waals surface area contributed by atoms with Crippen LogP contribution in [0.5, 0.6) is 0 Å². The molecular formula is C25H33N3Si. The van der Waals surface area contributed by atoms with Gasteiger partial charge in [0, 0.05) is 28.6 Å². The molecule has 3 nitrogen and oxygen atoms in total. The molecule has 152 valence electrons. The summed E-state index contributed by atoms with van der Waals surface area (Å²) in [4.78, 5) is 3.30. The van der Waals surface area contributed by atoms with Gasteiger partial charge in [-0.3, -0.25) is 0 Å². The Labute approximate surface area is 175 Å². The Balaban J connectivity index is 1.79. The summed E-state index contributed by atoms with van der Waals surface area (Å²) in [5.41, 5.74) is 6.78. The summed E-state index contributed by atoms with van der Waals surface area (Å²) in [6.45, 7) is 14.5. The number of aromatic nitrogens is 2. The molecule has 0 amide bonds. The summed E-state index contributed by atoms with van der Waals surface area (Å²) >= 11 is 0. The molecule has 0 atom stereocenters. The first-order valence-corrected chi connectivity index (χ1v) is 13.0. The number of nitrogens with zero attached hydrogens (tertiary/aromatic N) is 1. The molecular weight excluding hydrogens is 370 g/mol. The Hall–Kier alpha value is -2.46. The first-order valence-electron chi connectivity index (χ1n) is 10.8. The number of anilines is 2. The van der Waals surface area contributed by atoms with Crippen LogP contribution < -0.4 is 5.32 Å². The summed E-state index contributed by atoms with van der Waals surface area (Å²) in [5, 5.41) is 6.18. The SMILES string of the molecule is CC(C)[Si](C(C)C)(C(C)C)n1ccc2ccc(Nc3ccc4cc[nH]c4c3)cc21. The van der Waals surface area contributed by atoms with E-state index >= 15 is 0 Å². The van der Waals surface area contributed by atoms with E-state index in [9.17, 15) is 0 Å². The molecule has 0 aliphatic carbocycles. The van der Waals surface area contributed by atoms with E-state index in [2.05, 4.69) is 111 Å². The number of fused-ring (bicyclic) bond motifs is 2. The highest BCUT2D eigenvalue weighted by molar-refractivity contribution is 6.82. The van der Waals surface area contributed by atoms with Crippen molar-refractivity contribution in [3.63, 3.8) is 0 Å². The lowest BCUT2D eigenvalue weighted by molar-refractivity contribution is 0.773. The van der Waals surface area contributed by atoms with Gasteiger partial charge in [0.1, 0.15) is 0 Å². The predicted molar refractivity (Wildman–Crippen MR) is 130 cm³/mol. The fourth-order valence-corrected chi connectivity index (χ4v) is 12.3. The van der Waals surface area contributed by atoms with Crippen molar-refractivity contribution < 1.29 is 0 Å². The zero-order chi connectivity index (χ0) is 20.8. The monoisotopic (exact) mass is 403 g/mol. The van der Waals surface area contributed by atoms with E-state index in [0.717, 1.165) is 16.9 Å². The molecule has 0 saturated heterocycles. The quantitative estimate of drug-likeness (QED) is 0.315. The lowest BCUT2D eigenvalue weighted by atomic mass is 10.2. The summed E-state index contributed by atoms with van der Waals surface area (Å²) in [6, 6.07) is 17.6. The van der Waals surface area contributed by atoms with Crippen molar-refractivity contribution >= 4 is 41.4 Å². The van der Waals surface area contributed by atoms with Crippen molar-refractivity contribution in [2.24, 2.45) is 0 Å². The Morgan fingerprint density at radius 2 is 1.38 bits per heavy atom. The van der Waals surface area contributed by atoms with Gasteiger partial charge in [-0.05, 0) is 70.0 Å². The number of rotatable bonds is 6. The van der Waals surface area contributed by atoms with Crippen molar-refractivity contribution in [2.45, 2.75) is 58.2 Å². The molecule has 0 radical (unpaired) electrons. The third-order valence-electron chi connectivity index (χ3n) is 6.73. The van der Waals surface area contributed by atoms with Crippen molar-refractivity contribution in [1.82, 2.24) is 9.22 Å². The van der Waals surface area contributed by atoms with Crippen LogP contribution in [-0.2, 0) is 0 Å². The van der Waals surface area contributed by atoms with Crippen LogP contribution in [0.4, 0.5) is 11.4 Å². The van der Waals surface area contributed by atoms with Crippen LogP contribution in [0.1, 0.15) is 41.5 Å². The van der Waals surface area contributed by atoms with Crippen molar-refractivity contribution in [1.29, 1.82) is 0 Å². The first kappa shape index (κ1) is 19.8. The smallest absolute Gasteiger partial charge is 0.169 e. The summed E-state index contributed by atoms with van der Waals surface area (Å²) in [7, 11) is -1.77. The highest BCUT2D eigenvalue weighted by Gasteiger charge is 2.45. The molecule has 2 aromatic carbocycles. The average molecular weight is 404 g/mol. The van der Waals surface area contributed by atoms with E-state index in [1.807, 2.05) is 6.20 Å². The zero-order valence-electron chi connectivity index (χ0n) is 18.5. The minimum atomic E-state index is -1.77. The molecule has 2 heterocycles. The molecule has 0 bridgehead atoms. The molecule has 0 aliphatic heterocycles. The first-order chi connectivity index (χ1) is 13.8. The van der Waals surface area contributed by atoms with E-state index in [-0.39, 0.29) is 0 Å². The van der Waals surface area contributed by atoms with Gasteiger partial charge >= 0.3 is 0 Å². The third kappa shape index (κ3) is 3.20. The van der Waals surface area contributed by atoms with E-state index in [1.54, 1.807) is 0 Å². The molecule has 0 unspecified atom stereocenters. The lowest BCUT2D eigenvalue weighted by Crippen LogP contribution is -2.51. The summed E-state index contributed by atoms with van der Waals surface area (Å²) < 4.78 is 2.68. The Bertz CT molecular complexity index is 1110. The van der Waals surface area contributed by atoms with Gasteiger partial charge in [-0.2, -0.15) is 0 Å². The minimum absolute atomic E-state index is 0.671. The van der Waals surface area contributed by atoms with Crippen LogP contribution in [-0.4, -0.2) is 17.5 Å². The largest absolute Gasteiger partial charge is 0.373 e. The third-order valence-corrected chi connectivity index (χ3v) is 13.5. The number of benzene rings is 2. The minimum Gasteiger partial charge on any atom is -0.373 e. The number of hydrogen-bond acceptors (Lipinski definition) is 1. The van der Waals surface area contributed by atoms with Crippen LogP contribution in [0.25, 0.3) is 21.8 Å². The molecule has 0 aliphatic rings. The second-order valence-electron chi connectivity index (χ2n) is 9.22. The van der Waals surface area contributed by atoms with Gasteiger partial charge in [0.15, 0.2) is 8.24 Å². The van der Waals surface area contributed by atoms with Gasteiger partial charge in [-0.25, -0.2) is 0 Å². The fourth-order valence-electron chi connectivity index (χ4n) is 5.67. The number of hydrogen-bond donors (Lipinski definition) is 2. The fraction of sp³-hybridized carbons (Fsp3) is 0.360. The summed E-state index contributed by atoms with van der Waals surface area (Å²) in [5.74, 6) is 0. The number of nitrogens with one attached hydrogen (secondary N) is 2. The molecule has 0 fully saturated rings. The van der Waals surface area contributed by atoms with Gasteiger partial charge in [-0.1, -0.05) is 53.7 Å². The molecule has 2 aromatic heterocycles. The Morgan fingerprint density at radius 3 is 2.03 bits per heavy atom. The second-order valence-corrected chi connectivity index (χ2v) is 14.9. The molecule has 29 heavy (non-hydrogen) atoms. The second kappa shape index (κ2) is 7.41. The van der Waals surface area contributed by atoms with Crippen LogP contribution in [0.2, 0.25) is 16.6 Å². The lowest BCUT2D eigenvalue weighted by Gasteiger charge is -2.44. The predicted octanol–water partition coefficient (Wildman–Crippen LogP) is 7.89. The zero-order valence-corrected chi connectivity index (χ0v) is 19.5. The molecule has 4 heteroatoms. The van der Waals surface area contributed by atoms with Crippen LogP contribution in [0.15, 0.2) is 60.9 Å². The molecule has 0 saturated carbocycles. The van der Waals surface area contributed by atoms with E-state index < -0.39 is 8.24 Å². The van der Waals surface area contributed by atoms with Crippen LogP contribution in [0.3, 0.4) is 0 Å². The van der Waals surface area contributed by atoms with Gasteiger partial charge in [0.2, 0.25) is 0 Å². The number of aromatic amines is 1. The van der Waals surface area contributed by atoms with E-state index in [4.69, 9.17) is 0 Å². The Kier molecular flexibility index (Phi) is 5.07. The van der Waals surface area contributed by atoms with Crippen LogP contribution in [0, 0.1) is 0 Å². The maximum Gasteiger partial charge on any atom is 0.169 e. The average Bonchev–Trinajstić information content (AvgIpc) is 3.28. The Morgan fingerprint density at radius 1 is 0.759 bits per heavy atom. The maximum atomic E-state index is 3.62. The van der Waals surface area contributed by atoms with Gasteiger partial charge in [0.05, 0.1) is 0 Å². The van der Waals surface area contributed by atoms with Gasteiger partial charge in [-0.15, -0.1) is 0 Å². The molecule has 2 N–H and O–H groups in total. The molecule has 4 rings (SSSR count). The van der Waals surface area contributed by atoms with Crippen molar-refractivity contribution in [2.75, 3.05) is 5.32 Å². The number of H-pyrrole nitrogens is 1. The summed E-state index contributed by atoms with van der Waals surface area (Å²) in [6.07, 6.45) is 4.34. The highest BCUT2D eigenvalue weighted by atomic mass is 28.3. The van der Waals surface area contributed by atoms with Gasteiger partial charge < -0.3 is 14.5 Å². The van der Waals surface area contributed by atoms with E-state index in [1.165, 1.54) is 16.3 Å². The topological polar surface area (TPSA) is 32.8 Å². The molecule has 4 aromatic rings. The van der Waals surface area contributed by atoms with Crippen LogP contribution >= 0.6 is 0 Å². The highest BCUT2D eigenvalue weighted by Crippen LogP contribution is 2.44. The van der Waals surface area contributed by atoms with E-state index in [0.29, 0.717) is 16.6 Å². The normalized spacial score (nSPS) is 12.7. The van der Waals surface area contributed by atoms with Gasteiger partial charge in [0.25, 0.3) is 0 Å². The van der Waals surface area contributed by atoms with Crippen molar-refractivity contribution in [3.05, 3.63) is 60.9 Å². The maximum absolute atomic E-state index is 3.62.